The Morgan fingerprint density at radius 2 is 0.950 bits per heavy atom. The lowest BCUT2D eigenvalue weighted by Gasteiger charge is -2.20. The zero-order valence-electron chi connectivity index (χ0n) is 23.1. The van der Waals surface area contributed by atoms with Crippen LogP contribution in [-0.2, 0) is 9.47 Å². The van der Waals surface area contributed by atoms with Crippen molar-refractivity contribution in [3.8, 4) is 35.1 Å². The van der Waals surface area contributed by atoms with Crippen molar-refractivity contribution in [1.29, 1.82) is 10.5 Å². The van der Waals surface area contributed by atoms with Gasteiger partial charge in [0.25, 0.3) is 0 Å². The second kappa shape index (κ2) is 12.1. The van der Waals surface area contributed by atoms with Crippen molar-refractivity contribution in [3.63, 3.8) is 0 Å². The first-order chi connectivity index (χ1) is 18.7. The summed E-state index contributed by atoms with van der Waals surface area (Å²) in [6.07, 6.45) is -1.18. The molecule has 40 heavy (non-hydrogen) atoms. The number of amides is 2. The van der Waals surface area contributed by atoms with Crippen LogP contribution in [0.4, 0.5) is 21.0 Å². The third kappa shape index (κ3) is 8.96. The summed E-state index contributed by atoms with van der Waals surface area (Å²) in [4.78, 5) is 24.0. The van der Waals surface area contributed by atoms with E-state index in [9.17, 15) is 20.1 Å². The standard InChI is InChI=1S/C30H30N4O6/c1-29(2,3)39-27(35)33-21-7-11-23(12-8-21)37-25-15-19(17-31)20(18-32)16-26(25)38-24-13-9-22(10-14-24)34-28(36)40-30(4,5)6/h7-16H,1-6H3,(H,33,35)(H,34,36). The van der Waals surface area contributed by atoms with Crippen LogP contribution in [0.3, 0.4) is 0 Å². The van der Waals surface area contributed by atoms with Crippen molar-refractivity contribution in [2.45, 2.75) is 52.7 Å². The molecular weight excluding hydrogens is 512 g/mol. The van der Waals surface area contributed by atoms with Gasteiger partial charge in [0.15, 0.2) is 11.5 Å². The van der Waals surface area contributed by atoms with Gasteiger partial charge < -0.3 is 18.9 Å². The molecular formula is C30H30N4O6. The van der Waals surface area contributed by atoms with Gasteiger partial charge in [-0.1, -0.05) is 0 Å². The summed E-state index contributed by atoms with van der Waals surface area (Å²) in [6.45, 7) is 10.6. The lowest BCUT2D eigenvalue weighted by atomic mass is 10.1. The number of hydrogen-bond donors (Lipinski definition) is 2. The van der Waals surface area contributed by atoms with E-state index in [1.165, 1.54) is 12.1 Å². The van der Waals surface area contributed by atoms with Crippen LogP contribution in [0.1, 0.15) is 52.7 Å². The van der Waals surface area contributed by atoms with E-state index in [4.69, 9.17) is 18.9 Å². The Bertz CT molecular complexity index is 1340. The topological polar surface area (TPSA) is 143 Å². The van der Waals surface area contributed by atoms with Gasteiger partial charge in [-0.15, -0.1) is 0 Å². The second-order valence-corrected chi connectivity index (χ2v) is 10.6. The Labute approximate surface area is 233 Å². The molecule has 2 amide bonds. The molecule has 3 rings (SSSR count). The van der Waals surface area contributed by atoms with Gasteiger partial charge in [-0.2, -0.15) is 10.5 Å². The normalized spacial score (nSPS) is 10.9. The lowest BCUT2D eigenvalue weighted by molar-refractivity contribution is 0.0624. The number of nitrogens with zero attached hydrogens (tertiary/aromatic N) is 2. The number of rotatable bonds is 6. The summed E-state index contributed by atoms with van der Waals surface area (Å²) >= 11 is 0. The predicted octanol–water partition coefficient (Wildman–Crippen LogP) is 7.71. The highest BCUT2D eigenvalue weighted by molar-refractivity contribution is 5.85. The van der Waals surface area contributed by atoms with Gasteiger partial charge >= 0.3 is 12.2 Å². The number of carbonyl (C=O) groups excluding carboxylic acids is 2. The molecule has 206 valence electrons. The van der Waals surface area contributed by atoms with E-state index < -0.39 is 23.4 Å². The van der Waals surface area contributed by atoms with Crippen molar-refractivity contribution in [2.24, 2.45) is 0 Å². The summed E-state index contributed by atoms with van der Waals surface area (Å²) in [5.41, 5.74) is -0.0414. The number of benzene rings is 3. The highest BCUT2D eigenvalue weighted by Gasteiger charge is 2.18. The third-order valence-corrected chi connectivity index (χ3v) is 4.78. The molecule has 0 saturated heterocycles. The lowest BCUT2D eigenvalue weighted by Crippen LogP contribution is -2.27. The van der Waals surface area contributed by atoms with E-state index in [1.54, 1.807) is 90.1 Å². The highest BCUT2D eigenvalue weighted by Crippen LogP contribution is 2.37. The Morgan fingerprint density at radius 3 is 1.23 bits per heavy atom. The first kappa shape index (κ1) is 29.3. The van der Waals surface area contributed by atoms with Crippen LogP contribution in [0, 0.1) is 22.7 Å². The molecule has 0 bridgehead atoms. The van der Waals surface area contributed by atoms with Crippen LogP contribution in [0.15, 0.2) is 60.7 Å². The maximum Gasteiger partial charge on any atom is 0.412 e. The average Bonchev–Trinajstić information content (AvgIpc) is 2.84. The van der Waals surface area contributed by atoms with E-state index in [1.807, 2.05) is 12.1 Å². The number of nitriles is 2. The maximum atomic E-state index is 12.0. The minimum atomic E-state index is -0.632. The Balaban J connectivity index is 1.79. The Morgan fingerprint density at radius 1 is 0.625 bits per heavy atom. The molecule has 0 aliphatic carbocycles. The fraction of sp³-hybridized carbons (Fsp3) is 0.267. The van der Waals surface area contributed by atoms with Gasteiger partial charge in [0, 0.05) is 23.5 Å². The van der Waals surface area contributed by atoms with E-state index in [2.05, 4.69) is 10.6 Å². The van der Waals surface area contributed by atoms with Gasteiger partial charge in [-0.25, -0.2) is 9.59 Å². The summed E-state index contributed by atoms with van der Waals surface area (Å²) in [5.74, 6) is 1.17. The van der Waals surface area contributed by atoms with E-state index in [0.717, 1.165) is 0 Å². The molecule has 10 nitrogen and oxygen atoms in total. The average molecular weight is 543 g/mol. The van der Waals surface area contributed by atoms with E-state index in [-0.39, 0.29) is 22.6 Å². The number of hydrogen-bond acceptors (Lipinski definition) is 8. The summed E-state index contributed by atoms with van der Waals surface area (Å²) in [6, 6.07) is 19.8. The number of anilines is 2. The quantitative estimate of drug-likeness (QED) is 0.322. The molecule has 0 fully saturated rings. The van der Waals surface area contributed by atoms with Crippen LogP contribution in [0.25, 0.3) is 0 Å². The third-order valence-electron chi connectivity index (χ3n) is 4.78. The van der Waals surface area contributed by atoms with Crippen LogP contribution < -0.4 is 20.1 Å². The summed E-state index contributed by atoms with van der Waals surface area (Å²) < 4.78 is 22.5. The molecule has 3 aromatic carbocycles. The monoisotopic (exact) mass is 542 g/mol. The van der Waals surface area contributed by atoms with Crippen molar-refractivity contribution < 1.29 is 28.5 Å². The summed E-state index contributed by atoms with van der Waals surface area (Å²) in [7, 11) is 0. The molecule has 0 radical (unpaired) electrons. The zero-order valence-corrected chi connectivity index (χ0v) is 23.1. The van der Waals surface area contributed by atoms with E-state index in [0.29, 0.717) is 22.9 Å². The highest BCUT2D eigenvalue weighted by atomic mass is 16.6. The molecule has 0 aliphatic rings. The molecule has 0 atom stereocenters. The SMILES string of the molecule is CC(C)(C)OC(=O)Nc1ccc(Oc2cc(C#N)c(C#N)cc2Oc2ccc(NC(=O)OC(C)(C)C)cc2)cc1. The van der Waals surface area contributed by atoms with Gasteiger partial charge in [0.2, 0.25) is 0 Å². The van der Waals surface area contributed by atoms with Gasteiger partial charge in [0.1, 0.15) is 34.8 Å². The van der Waals surface area contributed by atoms with Crippen LogP contribution in [0.5, 0.6) is 23.0 Å². The minimum Gasteiger partial charge on any atom is -0.453 e. The first-order valence-electron chi connectivity index (χ1n) is 12.3. The van der Waals surface area contributed by atoms with Crippen molar-refractivity contribution >= 4 is 23.6 Å². The maximum absolute atomic E-state index is 12.0. The van der Waals surface area contributed by atoms with Crippen molar-refractivity contribution in [3.05, 3.63) is 71.8 Å². The number of carbonyl (C=O) groups is 2. The second-order valence-electron chi connectivity index (χ2n) is 10.6. The van der Waals surface area contributed by atoms with E-state index >= 15 is 0 Å². The first-order valence-corrected chi connectivity index (χ1v) is 12.3. The van der Waals surface area contributed by atoms with Crippen molar-refractivity contribution in [2.75, 3.05) is 10.6 Å². The smallest absolute Gasteiger partial charge is 0.412 e. The Kier molecular flexibility index (Phi) is 8.87. The predicted molar refractivity (Wildman–Crippen MR) is 149 cm³/mol. The molecule has 3 aromatic rings. The summed E-state index contributed by atoms with van der Waals surface area (Å²) in [5, 5.41) is 24.3. The number of ether oxygens (including phenoxy) is 4. The van der Waals surface area contributed by atoms with Crippen molar-refractivity contribution in [1.82, 2.24) is 0 Å². The molecule has 0 saturated carbocycles. The van der Waals surface area contributed by atoms with Crippen LogP contribution >= 0.6 is 0 Å². The molecule has 0 aromatic heterocycles. The molecule has 2 N–H and O–H groups in total. The van der Waals surface area contributed by atoms with Gasteiger partial charge in [0.05, 0.1) is 11.1 Å². The number of nitrogens with one attached hydrogen (secondary N) is 2. The fourth-order valence-electron chi connectivity index (χ4n) is 3.21. The van der Waals surface area contributed by atoms with Crippen LogP contribution in [0.2, 0.25) is 0 Å². The molecule has 0 spiro atoms. The molecule has 0 aliphatic heterocycles. The van der Waals surface area contributed by atoms with Gasteiger partial charge in [-0.05, 0) is 90.1 Å². The largest absolute Gasteiger partial charge is 0.453 e. The van der Waals surface area contributed by atoms with Gasteiger partial charge in [-0.3, -0.25) is 10.6 Å². The zero-order chi connectivity index (χ0) is 29.5. The minimum absolute atomic E-state index is 0.116. The molecule has 0 unspecified atom stereocenters. The fourth-order valence-corrected chi connectivity index (χ4v) is 3.21. The molecule has 10 heteroatoms. The molecule has 0 heterocycles. The van der Waals surface area contributed by atoms with Crippen LogP contribution in [-0.4, -0.2) is 23.4 Å². The Hall–Kier alpha value is -5.22.